The Labute approximate surface area is 177 Å². The molecule has 3 atom stereocenters. The van der Waals surface area contributed by atoms with E-state index in [0.29, 0.717) is 11.6 Å². The van der Waals surface area contributed by atoms with Gasteiger partial charge < -0.3 is 30.1 Å². The molecule has 1 radical (unpaired) electrons. The van der Waals surface area contributed by atoms with E-state index in [9.17, 15) is 0 Å². The van der Waals surface area contributed by atoms with E-state index < -0.39 is 8.80 Å². The van der Waals surface area contributed by atoms with Crippen molar-refractivity contribution in [2.75, 3.05) is 0 Å². The standard InChI is InChI=1S/C19H30NSi.2ClH.Ti/c1-12-5-6-13(2)17(12)20-19-10-14-7-15(11-19)9-16(8-14)18(19)21(3)4;;;/h5-6,14-18,21H,7-11H2,1-4H3;2*1H;/q-1;;;+3/p-2. The molecule has 0 aromatic rings. The Morgan fingerprint density at radius 3 is 1.92 bits per heavy atom. The van der Waals surface area contributed by atoms with Gasteiger partial charge in [-0.3, -0.25) is 0 Å². The van der Waals surface area contributed by atoms with Crippen LogP contribution in [-0.4, -0.2) is 20.4 Å². The topological polar surface area (TPSA) is 14.1 Å². The van der Waals surface area contributed by atoms with E-state index in [1.54, 1.807) is 0 Å². The first-order valence-corrected chi connectivity index (χ1v) is 12.0. The summed E-state index contributed by atoms with van der Waals surface area (Å²) in [6, 6.07) is 0.413. The molecule has 0 aromatic heterocycles. The van der Waals surface area contributed by atoms with Crippen LogP contribution in [0.1, 0.15) is 46.0 Å². The van der Waals surface area contributed by atoms with Crippen LogP contribution in [-0.2, 0) is 21.7 Å². The molecule has 0 N–H and O–H groups in total. The molecule has 5 heteroatoms. The van der Waals surface area contributed by atoms with E-state index in [4.69, 9.17) is 5.32 Å². The molecule has 4 fully saturated rings. The van der Waals surface area contributed by atoms with E-state index in [-0.39, 0.29) is 46.5 Å². The third kappa shape index (κ3) is 3.66. The SMILES string of the molecule is CC1=CC=C(C)C1[N-]C12CC3CC(CC(C3)C1[SiH](C)C)C2.[Cl-].[Cl-].[Ti+3]. The summed E-state index contributed by atoms with van der Waals surface area (Å²) in [5.41, 5.74) is 4.31. The predicted octanol–water partition coefficient (Wildman–Crippen LogP) is -0.924. The molecule has 133 valence electrons. The minimum atomic E-state index is -0.642. The van der Waals surface area contributed by atoms with E-state index in [1.165, 1.54) is 43.3 Å². The Morgan fingerprint density at radius 2 is 1.46 bits per heavy atom. The van der Waals surface area contributed by atoms with Gasteiger partial charge in [0.25, 0.3) is 0 Å². The van der Waals surface area contributed by atoms with Gasteiger partial charge in [0.1, 0.15) is 0 Å². The zero-order valence-corrected chi connectivity index (χ0v) is 19.6. The molecule has 5 aliphatic rings. The molecule has 0 aliphatic heterocycles. The Hall–Kier alpha value is 0.951. The van der Waals surface area contributed by atoms with Crippen LogP contribution in [0, 0.1) is 17.8 Å². The van der Waals surface area contributed by atoms with Gasteiger partial charge in [-0.1, -0.05) is 60.8 Å². The molecule has 0 heterocycles. The molecule has 0 spiro atoms. The van der Waals surface area contributed by atoms with E-state index in [1.807, 2.05) is 0 Å². The van der Waals surface area contributed by atoms with E-state index >= 15 is 0 Å². The average molecular weight is 419 g/mol. The molecule has 0 saturated heterocycles. The summed E-state index contributed by atoms with van der Waals surface area (Å²) in [7, 11) is -0.642. The molecule has 0 amide bonds. The summed E-state index contributed by atoms with van der Waals surface area (Å²) < 4.78 is 0. The van der Waals surface area contributed by atoms with Crippen molar-refractivity contribution in [3.8, 4) is 0 Å². The number of allylic oxidation sites excluding steroid dienone is 2. The van der Waals surface area contributed by atoms with Crippen molar-refractivity contribution in [2.45, 2.75) is 76.2 Å². The van der Waals surface area contributed by atoms with Gasteiger partial charge in [-0.25, -0.2) is 0 Å². The molecular weight excluding hydrogens is 389 g/mol. The first kappa shape index (κ1) is 23.0. The van der Waals surface area contributed by atoms with Gasteiger partial charge in [0, 0.05) is 8.80 Å². The van der Waals surface area contributed by atoms with Crippen LogP contribution in [0.3, 0.4) is 0 Å². The molecule has 4 saturated carbocycles. The maximum Gasteiger partial charge on any atom is 3.00 e. The Kier molecular flexibility index (Phi) is 7.97. The van der Waals surface area contributed by atoms with Gasteiger partial charge in [-0.05, 0) is 50.9 Å². The summed E-state index contributed by atoms with van der Waals surface area (Å²) in [6.07, 6.45) is 12.0. The van der Waals surface area contributed by atoms with Gasteiger partial charge >= 0.3 is 21.7 Å². The molecule has 0 aromatic carbocycles. The number of rotatable bonds is 3. The fourth-order valence-electron chi connectivity index (χ4n) is 6.66. The molecule has 3 unspecified atom stereocenters. The number of hydrogen-bond acceptors (Lipinski definition) is 0. The van der Waals surface area contributed by atoms with Crippen molar-refractivity contribution < 1.29 is 46.5 Å². The van der Waals surface area contributed by atoms with E-state index in [0.717, 1.165) is 23.3 Å². The molecular formula is C19H30Cl2NSiTi. The van der Waals surface area contributed by atoms with Crippen molar-refractivity contribution in [1.29, 1.82) is 0 Å². The first-order valence-electron chi connectivity index (χ1n) is 9.05. The molecule has 5 aliphatic carbocycles. The largest absolute Gasteiger partial charge is 3.00 e. The van der Waals surface area contributed by atoms with Crippen LogP contribution >= 0.6 is 0 Å². The second kappa shape index (κ2) is 8.32. The molecule has 24 heavy (non-hydrogen) atoms. The number of halogens is 2. The third-order valence-corrected chi connectivity index (χ3v) is 9.53. The van der Waals surface area contributed by atoms with Gasteiger partial charge in [-0.2, -0.15) is 0 Å². The first-order chi connectivity index (χ1) is 9.98. The van der Waals surface area contributed by atoms with Crippen molar-refractivity contribution in [2.24, 2.45) is 17.8 Å². The fraction of sp³-hybridized carbons (Fsp3) is 0.789. The molecule has 1 nitrogen and oxygen atoms in total. The van der Waals surface area contributed by atoms with Gasteiger partial charge in [0.15, 0.2) is 0 Å². The van der Waals surface area contributed by atoms with Gasteiger partial charge in [0.2, 0.25) is 0 Å². The van der Waals surface area contributed by atoms with Crippen LogP contribution in [0.15, 0.2) is 23.3 Å². The zero-order chi connectivity index (χ0) is 14.8. The number of nitrogens with zero attached hydrogens (tertiary/aromatic N) is 1. The summed E-state index contributed by atoms with van der Waals surface area (Å²) in [4.78, 5) is 0. The minimum absolute atomic E-state index is 0. The summed E-state index contributed by atoms with van der Waals surface area (Å²) in [6.45, 7) is 9.74. The Bertz CT molecular complexity index is 487. The monoisotopic (exact) mass is 418 g/mol. The van der Waals surface area contributed by atoms with Crippen molar-refractivity contribution >= 4 is 8.80 Å². The maximum atomic E-state index is 5.63. The maximum absolute atomic E-state index is 5.63. The fourth-order valence-corrected chi connectivity index (χ4v) is 9.66. The zero-order valence-electron chi connectivity index (χ0n) is 15.4. The normalized spacial score (nSPS) is 39.7. The Morgan fingerprint density at radius 1 is 0.958 bits per heavy atom. The van der Waals surface area contributed by atoms with Crippen LogP contribution in [0.2, 0.25) is 18.6 Å². The minimum Gasteiger partial charge on any atom is -1.00 e. The van der Waals surface area contributed by atoms with Crippen molar-refractivity contribution in [3.05, 3.63) is 28.6 Å². The van der Waals surface area contributed by atoms with E-state index in [2.05, 4.69) is 39.1 Å². The second-order valence-electron chi connectivity index (χ2n) is 8.83. The summed E-state index contributed by atoms with van der Waals surface area (Å²) in [5, 5.41) is 5.63. The number of hydrogen-bond donors (Lipinski definition) is 0. The van der Waals surface area contributed by atoms with Crippen LogP contribution in [0.5, 0.6) is 0 Å². The molecule has 4 bridgehead atoms. The van der Waals surface area contributed by atoms with Crippen LogP contribution < -0.4 is 24.8 Å². The van der Waals surface area contributed by atoms with Crippen molar-refractivity contribution in [1.82, 2.24) is 0 Å². The van der Waals surface area contributed by atoms with Crippen LogP contribution in [0.4, 0.5) is 0 Å². The Balaban J connectivity index is 0.000000960. The molecule has 5 rings (SSSR count). The third-order valence-electron chi connectivity index (χ3n) is 6.93. The quantitative estimate of drug-likeness (QED) is 0.526. The van der Waals surface area contributed by atoms with Crippen molar-refractivity contribution in [3.63, 3.8) is 0 Å². The van der Waals surface area contributed by atoms with Gasteiger partial charge in [0.05, 0.1) is 0 Å². The summed E-state index contributed by atoms with van der Waals surface area (Å²) in [5.74, 6) is 3.04. The van der Waals surface area contributed by atoms with Crippen LogP contribution in [0.25, 0.3) is 5.32 Å². The van der Waals surface area contributed by atoms with Gasteiger partial charge in [-0.15, -0.1) is 5.54 Å². The summed E-state index contributed by atoms with van der Waals surface area (Å²) >= 11 is 0. The smallest absolute Gasteiger partial charge is 1.00 e. The average Bonchev–Trinajstić information content (AvgIpc) is 2.68. The second-order valence-corrected chi connectivity index (χ2v) is 12.0. The predicted molar refractivity (Wildman–Crippen MR) is 93.6 cm³/mol.